The van der Waals surface area contributed by atoms with E-state index in [1.165, 1.54) is 25.8 Å². The first-order valence-electron chi connectivity index (χ1n) is 8.10. The largest absolute Gasteiger partial charge is 0.377 e. The van der Waals surface area contributed by atoms with Crippen molar-refractivity contribution in [3.8, 4) is 0 Å². The van der Waals surface area contributed by atoms with Gasteiger partial charge in [-0.15, -0.1) is 0 Å². The number of rotatable bonds is 4. The fourth-order valence-corrected chi connectivity index (χ4v) is 3.76. The van der Waals surface area contributed by atoms with Crippen molar-refractivity contribution < 1.29 is 4.74 Å². The summed E-state index contributed by atoms with van der Waals surface area (Å²) in [5, 5.41) is 3.75. The molecule has 2 heterocycles. The van der Waals surface area contributed by atoms with Gasteiger partial charge in [-0.3, -0.25) is 4.90 Å². The minimum Gasteiger partial charge on any atom is -0.377 e. The molecule has 4 atom stereocenters. The lowest BCUT2D eigenvalue weighted by molar-refractivity contribution is -0.0380. The standard InChI is InChI=1S/C16H32N2O/c1-6-7-14-11-18(15(10-17-14)12(2)3)16(5)8-9-19-13(16)4/h12-15,17H,6-11H2,1-5H3. The van der Waals surface area contributed by atoms with Gasteiger partial charge in [0, 0.05) is 37.3 Å². The van der Waals surface area contributed by atoms with Gasteiger partial charge in [-0.25, -0.2) is 0 Å². The lowest BCUT2D eigenvalue weighted by Gasteiger charge is -2.51. The first-order valence-corrected chi connectivity index (χ1v) is 8.10. The SMILES string of the molecule is CCCC1CN(C2(C)CCOC2C)C(C(C)C)CN1. The van der Waals surface area contributed by atoms with E-state index in [0.717, 1.165) is 13.2 Å². The first kappa shape index (κ1) is 15.3. The fourth-order valence-electron chi connectivity index (χ4n) is 3.76. The van der Waals surface area contributed by atoms with Crippen LogP contribution in [-0.2, 0) is 4.74 Å². The Balaban J connectivity index is 2.15. The van der Waals surface area contributed by atoms with Crippen LogP contribution in [0.3, 0.4) is 0 Å². The van der Waals surface area contributed by atoms with Gasteiger partial charge in [-0.1, -0.05) is 27.2 Å². The molecule has 3 nitrogen and oxygen atoms in total. The quantitative estimate of drug-likeness (QED) is 0.848. The average molecular weight is 268 g/mol. The van der Waals surface area contributed by atoms with E-state index in [9.17, 15) is 0 Å². The molecule has 2 aliphatic rings. The predicted octanol–water partition coefficient (Wildman–Crippen LogP) is 2.65. The van der Waals surface area contributed by atoms with Crippen LogP contribution in [0.25, 0.3) is 0 Å². The number of nitrogens with zero attached hydrogens (tertiary/aromatic N) is 1. The predicted molar refractivity (Wildman–Crippen MR) is 80.5 cm³/mol. The molecule has 3 heteroatoms. The lowest BCUT2D eigenvalue weighted by atomic mass is 9.85. The highest BCUT2D eigenvalue weighted by Gasteiger charge is 2.47. The molecular formula is C16H32N2O. The maximum atomic E-state index is 5.88. The van der Waals surface area contributed by atoms with Crippen LogP contribution in [0.1, 0.15) is 53.9 Å². The minimum absolute atomic E-state index is 0.225. The van der Waals surface area contributed by atoms with Crippen molar-refractivity contribution in [2.75, 3.05) is 19.7 Å². The van der Waals surface area contributed by atoms with Crippen LogP contribution in [0.5, 0.6) is 0 Å². The molecule has 1 N–H and O–H groups in total. The molecule has 0 aromatic rings. The molecule has 0 bridgehead atoms. The van der Waals surface area contributed by atoms with E-state index >= 15 is 0 Å². The van der Waals surface area contributed by atoms with Crippen molar-refractivity contribution in [1.82, 2.24) is 10.2 Å². The minimum atomic E-state index is 0.225. The van der Waals surface area contributed by atoms with E-state index < -0.39 is 0 Å². The molecule has 2 rings (SSSR count). The van der Waals surface area contributed by atoms with Gasteiger partial charge >= 0.3 is 0 Å². The zero-order chi connectivity index (χ0) is 14.0. The summed E-state index contributed by atoms with van der Waals surface area (Å²) in [6.45, 7) is 14.9. The van der Waals surface area contributed by atoms with Gasteiger partial charge < -0.3 is 10.1 Å². The molecule has 0 amide bonds. The molecule has 2 saturated heterocycles. The van der Waals surface area contributed by atoms with E-state index in [4.69, 9.17) is 4.74 Å². The topological polar surface area (TPSA) is 24.5 Å². The van der Waals surface area contributed by atoms with Crippen LogP contribution in [-0.4, -0.2) is 48.3 Å². The molecule has 0 aromatic carbocycles. The molecule has 0 aromatic heterocycles. The number of hydrogen-bond acceptors (Lipinski definition) is 3. The number of hydrogen-bond donors (Lipinski definition) is 1. The second-order valence-corrected chi connectivity index (χ2v) is 6.98. The van der Waals surface area contributed by atoms with Gasteiger partial charge in [-0.2, -0.15) is 0 Å². The van der Waals surface area contributed by atoms with Crippen LogP contribution in [0.2, 0.25) is 0 Å². The molecule has 0 spiro atoms. The zero-order valence-electron chi connectivity index (χ0n) is 13.4. The van der Waals surface area contributed by atoms with E-state index in [2.05, 4.69) is 44.8 Å². The Kier molecular flexibility index (Phi) is 4.91. The molecule has 19 heavy (non-hydrogen) atoms. The molecule has 112 valence electrons. The Morgan fingerprint density at radius 3 is 2.68 bits per heavy atom. The van der Waals surface area contributed by atoms with Crippen LogP contribution < -0.4 is 5.32 Å². The summed E-state index contributed by atoms with van der Waals surface area (Å²) in [6.07, 6.45) is 4.08. The second kappa shape index (κ2) is 6.11. The van der Waals surface area contributed by atoms with E-state index in [-0.39, 0.29) is 5.54 Å². The van der Waals surface area contributed by atoms with Gasteiger partial charge in [0.25, 0.3) is 0 Å². The van der Waals surface area contributed by atoms with Crippen LogP contribution >= 0.6 is 0 Å². The van der Waals surface area contributed by atoms with Crippen molar-refractivity contribution in [3.63, 3.8) is 0 Å². The van der Waals surface area contributed by atoms with Gasteiger partial charge in [0.2, 0.25) is 0 Å². The zero-order valence-corrected chi connectivity index (χ0v) is 13.4. The summed E-state index contributed by atoms with van der Waals surface area (Å²) in [7, 11) is 0. The smallest absolute Gasteiger partial charge is 0.0728 e. The van der Waals surface area contributed by atoms with Gasteiger partial charge in [-0.05, 0) is 32.6 Å². The van der Waals surface area contributed by atoms with Crippen LogP contribution in [0.15, 0.2) is 0 Å². The van der Waals surface area contributed by atoms with Crippen LogP contribution in [0, 0.1) is 5.92 Å². The first-order chi connectivity index (χ1) is 8.99. The molecule has 0 saturated carbocycles. The number of nitrogens with one attached hydrogen (secondary N) is 1. The summed E-state index contributed by atoms with van der Waals surface area (Å²) >= 11 is 0. The molecule has 4 unspecified atom stereocenters. The highest BCUT2D eigenvalue weighted by Crippen LogP contribution is 2.36. The Morgan fingerprint density at radius 2 is 2.16 bits per heavy atom. The third-order valence-electron chi connectivity index (χ3n) is 5.35. The van der Waals surface area contributed by atoms with Gasteiger partial charge in [0.05, 0.1) is 6.10 Å². The Labute approximate surface area is 119 Å². The lowest BCUT2D eigenvalue weighted by Crippen LogP contribution is -2.66. The molecule has 0 radical (unpaired) electrons. The number of piperazine rings is 1. The van der Waals surface area contributed by atoms with Crippen molar-refractivity contribution >= 4 is 0 Å². The van der Waals surface area contributed by atoms with Crippen molar-refractivity contribution in [2.45, 2.75) is 77.6 Å². The third kappa shape index (κ3) is 2.98. The Hall–Kier alpha value is -0.120. The van der Waals surface area contributed by atoms with Crippen molar-refractivity contribution in [1.29, 1.82) is 0 Å². The summed E-state index contributed by atoms with van der Waals surface area (Å²) in [5.41, 5.74) is 0.225. The Morgan fingerprint density at radius 1 is 1.42 bits per heavy atom. The Bertz CT molecular complexity index is 294. The highest BCUT2D eigenvalue weighted by molar-refractivity contribution is 5.02. The molecule has 2 fully saturated rings. The maximum absolute atomic E-state index is 5.88. The summed E-state index contributed by atoms with van der Waals surface area (Å²) in [6, 6.07) is 1.30. The summed E-state index contributed by atoms with van der Waals surface area (Å²) in [5.74, 6) is 0.694. The van der Waals surface area contributed by atoms with Gasteiger partial charge in [0.15, 0.2) is 0 Å². The average Bonchev–Trinajstić information content (AvgIpc) is 2.71. The monoisotopic (exact) mass is 268 g/mol. The van der Waals surface area contributed by atoms with E-state index in [1.807, 2.05) is 0 Å². The second-order valence-electron chi connectivity index (χ2n) is 6.98. The normalized spacial score (nSPS) is 41.1. The third-order valence-corrected chi connectivity index (χ3v) is 5.35. The highest BCUT2D eigenvalue weighted by atomic mass is 16.5. The fraction of sp³-hybridized carbons (Fsp3) is 1.00. The maximum Gasteiger partial charge on any atom is 0.0728 e. The molecular weight excluding hydrogens is 236 g/mol. The summed E-state index contributed by atoms with van der Waals surface area (Å²) in [4.78, 5) is 2.77. The number of ether oxygens (including phenoxy) is 1. The van der Waals surface area contributed by atoms with Crippen molar-refractivity contribution in [3.05, 3.63) is 0 Å². The molecule has 2 aliphatic heterocycles. The van der Waals surface area contributed by atoms with E-state index in [0.29, 0.717) is 24.1 Å². The van der Waals surface area contributed by atoms with E-state index in [1.54, 1.807) is 0 Å². The summed E-state index contributed by atoms with van der Waals surface area (Å²) < 4.78 is 5.88. The van der Waals surface area contributed by atoms with Crippen LogP contribution in [0.4, 0.5) is 0 Å². The van der Waals surface area contributed by atoms with Crippen molar-refractivity contribution in [2.24, 2.45) is 5.92 Å². The molecule has 0 aliphatic carbocycles. The van der Waals surface area contributed by atoms with Gasteiger partial charge in [0.1, 0.15) is 0 Å².